The molecule has 0 saturated carbocycles. The number of hydrogen-bond donors (Lipinski definition) is 0. The Kier molecular flexibility index (Phi) is 5.23. The van der Waals surface area contributed by atoms with Gasteiger partial charge in [-0.25, -0.2) is 0 Å². The molecule has 0 aliphatic carbocycles. The quantitative estimate of drug-likeness (QED) is 0.341. The summed E-state index contributed by atoms with van der Waals surface area (Å²) in [5.74, 6) is 3.04. The average molecular weight is 513 g/mol. The summed E-state index contributed by atoms with van der Waals surface area (Å²) in [6.45, 7) is 26.5. The van der Waals surface area contributed by atoms with Crippen molar-refractivity contribution in [1.29, 1.82) is 0 Å². The summed E-state index contributed by atoms with van der Waals surface area (Å²) >= 11 is -4.10. The molecule has 0 aromatic heterocycles. The van der Waals surface area contributed by atoms with Crippen LogP contribution in [0.25, 0.3) is 0 Å². The first-order valence-corrected chi connectivity index (χ1v) is 15.4. The fraction of sp³-hybridized carbons (Fsp3) is 0.571. The zero-order valence-corrected chi connectivity index (χ0v) is 24.5. The van der Waals surface area contributed by atoms with Crippen molar-refractivity contribution in [3.8, 4) is 23.0 Å². The van der Waals surface area contributed by atoms with Gasteiger partial charge in [-0.2, -0.15) is 0 Å². The molecule has 0 N–H and O–H groups in total. The van der Waals surface area contributed by atoms with Gasteiger partial charge in [0.05, 0.1) is 0 Å². The SMILES string of the molecule is CC(C)(C)c1cc2c(c(C(C)(C)C)c1)[O][Ge-]1([O]2)[O]c2cc(C(C)(C)C)cc(C(C)(C)C)c2[O]1. The molecule has 4 nitrogen and oxygen atoms in total. The van der Waals surface area contributed by atoms with Gasteiger partial charge >= 0.3 is 204 Å². The Hall–Kier alpha value is -1.82. The van der Waals surface area contributed by atoms with Crippen LogP contribution >= 0.6 is 0 Å². The van der Waals surface area contributed by atoms with Gasteiger partial charge in [0.2, 0.25) is 0 Å². The van der Waals surface area contributed by atoms with Gasteiger partial charge in [-0.15, -0.1) is 0 Å². The second kappa shape index (κ2) is 7.10. The second-order valence-corrected chi connectivity index (χ2v) is 17.4. The Bertz CT molecular complexity index is 1020. The van der Waals surface area contributed by atoms with Crippen LogP contribution in [0.5, 0.6) is 23.0 Å². The predicted octanol–water partition coefficient (Wildman–Crippen LogP) is 7.55. The van der Waals surface area contributed by atoms with Crippen LogP contribution in [0.4, 0.5) is 0 Å². The molecule has 0 unspecified atom stereocenters. The van der Waals surface area contributed by atoms with E-state index >= 15 is 0 Å². The van der Waals surface area contributed by atoms with Crippen LogP contribution in [0.2, 0.25) is 0 Å². The first kappa shape index (κ1) is 24.3. The van der Waals surface area contributed by atoms with Crippen LogP contribution in [-0.4, -0.2) is 14.6 Å². The van der Waals surface area contributed by atoms with E-state index in [9.17, 15) is 0 Å². The molecular formula is C28H40GeO4-. The number of benzene rings is 2. The Morgan fingerprint density at radius 1 is 0.455 bits per heavy atom. The molecule has 2 aliphatic heterocycles. The number of rotatable bonds is 0. The molecule has 33 heavy (non-hydrogen) atoms. The fourth-order valence-electron chi connectivity index (χ4n) is 4.19. The van der Waals surface area contributed by atoms with E-state index in [1.807, 2.05) is 0 Å². The van der Waals surface area contributed by atoms with E-state index in [1.165, 1.54) is 11.1 Å². The van der Waals surface area contributed by atoms with Crippen molar-refractivity contribution < 1.29 is 15.1 Å². The molecule has 0 bridgehead atoms. The molecule has 0 saturated heterocycles. The van der Waals surface area contributed by atoms with Gasteiger partial charge in [-0.1, -0.05) is 0 Å². The summed E-state index contributed by atoms with van der Waals surface area (Å²) in [6, 6.07) is 8.71. The molecule has 0 fully saturated rings. The van der Waals surface area contributed by atoms with Crippen molar-refractivity contribution in [2.24, 2.45) is 0 Å². The molecule has 0 amide bonds. The molecule has 2 aromatic rings. The normalized spacial score (nSPS) is 17.1. The van der Waals surface area contributed by atoms with Crippen molar-refractivity contribution in [2.75, 3.05) is 0 Å². The fourth-order valence-corrected chi connectivity index (χ4v) is 8.41. The molecule has 0 radical (unpaired) electrons. The van der Waals surface area contributed by atoms with Gasteiger partial charge in [-0.3, -0.25) is 0 Å². The van der Waals surface area contributed by atoms with Gasteiger partial charge in [0, 0.05) is 0 Å². The van der Waals surface area contributed by atoms with Crippen molar-refractivity contribution in [2.45, 2.75) is 105 Å². The first-order chi connectivity index (χ1) is 14.8. The molecule has 2 aromatic carbocycles. The van der Waals surface area contributed by atoms with Gasteiger partial charge in [0.15, 0.2) is 0 Å². The topological polar surface area (TPSA) is 36.9 Å². The molecule has 2 aliphatic rings. The monoisotopic (exact) mass is 514 g/mol. The zero-order chi connectivity index (χ0) is 24.8. The van der Waals surface area contributed by atoms with Crippen molar-refractivity contribution in [3.05, 3.63) is 46.5 Å². The van der Waals surface area contributed by atoms with E-state index in [0.29, 0.717) is 0 Å². The summed E-state index contributed by atoms with van der Waals surface area (Å²) in [4.78, 5) is 0. The number of fused-ring (bicyclic) bond motifs is 2. The van der Waals surface area contributed by atoms with E-state index < -0.39 is 14.6 Å². The Morgan fingerprint density at radius 2 is 0.788 bits per heavy atom. The third-order valence-corrected chi connectivity index (χ3v) is 10.3. The molecule has 181 valence electrons. The van der Waals surface area contributed by atoms with Crippen LogP contribution < -0.4 is 15.1 Å². The molecule has 2 heterocycles. The van der Waals surface area contributed by atoms with Crippen molar-refractivity contribution in [1.82, 2.24) is 0 Å². The van der Waals surface area contributed by atoms with Crippen LogP contribution in [0.1, 0.15) is 105 Å². The van der Waals surface area contributed by atoms with Gasteiger partial charge < -0.3 is 0 Å². The molecule has 1 spiro atoms. The molecular weight excluding hydrogens is 473 g/mol. The van der Waals surface area contributed by atoms with Crippen LogP contribution in [0.15, 0.2) is 24.3 Å². The minimum absolute atomic E-state index is 0.0114. The molecule has 4 rings (SSSR count). The number of hydrogen-bond acceptors (Lipinski definition) is 4. The van der Waals surface area contributed by atoms with E-state index in [2.05, 4.69) is 107 Å². The molecule has 5 heteroatoms. The predicted molar refractivity (Wildman–Crippen MR) is 136 cm³/mol. The van der Waals surface area contributed by atoms with Gasteiger partial charge in [-0.05, 0) is 0 Å². The summed E-state index contributed by atoms with van der Waals surface area (Å²) in [5.41, 5.74) is 4.45. The third-order valence-electron chi connectivity index (χ3n) is 6.38. The van der Waals surface area contributed by atoms with Crippen LogP contribution in [0, 0.1) is 0 Å². The van der Waals surface area contributed by atoms with Crippen LogP contribution in [-0.2, 0) is 21.7 Å². The molecule has 0 atom stereocenters. The Balaban J connectivity index is 1.82. The third kappa shape index (κ3) is 4.36. The van der Waals surface area contributed by atoms with Crippen LogP contribution in [0.3, 0.4) is 0 Å². The summed E-state index contributed by atoms with van der Waals surface area (Å²) < 4.78 is 26.2. The minimum atomic E-state index is -4.10. The van der Waals surface area contributed by atoms with E-state index in [0.717, 1.165) is 34.1 Å². The first-order valence-electron chi connectivity index (χ1n) is 11.9. The Labute approximate surface area is 203 Å². The summed E-state index contributed by atoms with van der Waals surface area (Å²) in [5, 5.41) is 0. The maximum atomic E-state index is 6.58. The summed E-state index contributed by atoms with van der Waals surface area (Å²) in [7, 11) is 0. The maximum absolute atomic E-state index is 6.58. The van der Waals surface area contributed by atoms with Crippen molar-refractivity contribution >= 4 is 14.6 Å². The van der Waals surface area contributed by atoms with E-state index in [-0.39, 0.29) is 21.7 Å². The van der Waals surface area contributed by atoms with E-state index in [4.69, 9.17) is 15.1 Å². The zero-order valence-electron chi connectivity index (χ0n) is 22.4. The van der Waals surface area contributed by atoms with E-state index in [1.54, 1.807) is 0 Å². The van der Waals surface area contributed by atoms with Gasteiger partial charge in [0.25, 0.3) is 0 Å². The van der Waals surface area contributed by atoms with Gasteiger partial charge in [0.1, 0.15) is 0 Å². The standard InChI is InChI=1S/C28H40GeO4/c1-25(2,3)17-13-19(27(7,8)9)23-21(15-17)30-29(32-23)31-22-16-18(26(4,5)6)14-20(24(22)33-29)28(10,11)12/h13-16H,1-12H3/q-1. The average Bonchev–Trinajstić information content (AvgIpc) is 3.14. The summed E-state index contributed by atoms with van der Waals surface area (Å²) in [6.07, 6.45) is 0. The Morgan fingerprint density at radius 3 is 1.06 bits per heavy atom. The van der Waals surface area contributed by atoms with Crippen molar-refractivity contribution in [3.63, 3.8) is 0 Å². The second-order valence-electron chi connectivity index (χ2n) is 13.6.